The second-order valence-electron chi connectivity index (χ2n) is 3.75. The predicted molar refractivity (Wildman–Crippen MR) is 70.0 cm³/mol. The normalized spacial score (nSPS) is 10.1. The molecular formula is C13H7ClFNO4. The van der Waals surface area contributed by atoms with E-state index < -0.39 is 10.7 Å². The Bertz CT molecular complexity index is 690. The van der Waals surface area contributed by atoms with Crippen LogP contribution in [0.5, 0.6) is 11.5 Å². The van der Waals surface area contributed by atoms with Crippen molar-refractivity contribution < 1.29 is 18.8 Å². The zero-order chi connectivity index (χ0) is 14.7. The van der Waals surface area contributed by atoms with Crippen LogP contribution in [0.25, 0.3) is 0 Å². The summed E-state index contributed by atoms with van der Waals surface area (Å²) in [5.41, 5.74) is -0.419. The highest BCUT2D eigenvalue weighted by Crippen LogP contribution is 2.38. The fourth-order valence-corrected chi connectivity index (χ4v) is 1.76. The van der Waals surface area contributed by atoms with E-state index in [0.717, 1.165) is 12.1 Å². The molecule has 0 aromatic heterocycles. The van der Waals surface area contributed by atoms with Gasteiger partial charge in [-0.05, 0) is 24.3 Å². The van der Waals surface area contributed by atoms with E-state index in [2.05, 4.69) is 0 Å². The Hall–Kier alpha value is -2.47. The van der Waals surface area contributed by atoms with Crippen molar-refractivity contribution in [2.24, 2.45) is 0 Å². The van der Waals surface area contributed by atoms with Gasteiger partial charge in [0.25, 0.3) is 0 Å². The zero-order valence-corrected chi connectivity index (χ0v) is 10.6. The highest BCUT2D eigenvalue weighted by Gasteiger charge is 2.20. The topological polar surface area (TPSA) is 69.4 Å². The van der Waals surface area contributed by atoms with Gasteiger partial charge in [-0.1, -0.05) is 17.7 Å². The van der Waals surface area contributed by atoms with Crippen molar-refractivity contribution in [1.29, 1.82) is 0 Å². The molecule has 102 valence electrons. The fourth-order valence-electron chi connectivity index (χ4n) is 1.56. The van der Waals surface area contributed by atoms with Crippen molar-refractivity contribution in [3.8, 4) is 11.5 Å². The van der Waals surface area contributed by atoms with Gasteiger partial charge in [0.1, 0.15) is 11.6 Å². The van der Waals surface area contributed by atoms with Crippen LogP contribution in [0.3, 0.4) is 0 Å². The third-order valence-electron chi connectivity index (χ3n) is 2.45. The maximum atomic E-state index is 13.0. The smallest absolute Gasteiger partial charge is 0.313 e. The van der Waals surface area contributed by atoms with Gasteiger partial charge in [-0.2, -0.15) is 0 Å². The molecule has 0 spiro atoms. The van der Waals surface area contributed by atoms with Crippen LogP contribution in [0.2, 0.25) is 5.02 Å². The van der Waals surface area contributed by atoms with Gasteiger partial charge in [-0.15, -0.1) is 0 Å². The van der Waals surface area contributed by atoms with Gasteiger partial charge >= 0.3 is 5.69 Å². The highest BCUT2D eigenvalue weighted by molar-refractivity contribution is 6.32. The molecule has 0 saturated carbocycles. The standard InChI is InChI=1S/C13H7ClFNO4/c14-10-2-1-3-11(16(18)19)13(10)20-12-5-4-9(15)6-8(12)7-17/h1-7H. The first-order valence-electron chi connectivity index (χ1n) is 5.38. The molecule has 5 nitrogen and oxygen atoms in total. The van der Waals surface area contributed by atoms with E-state index in [1.807, 2.05) is 0 Å². The molecule has 7 heteroatoms. The Kier molecular flexibility index (Phi) is 3.95. The monoisotopic (exact) mass is 295 g/mol. The first-order valence-corrected chi connectivity index (χ1v) is 5.76. The maximum absolute atomic E-state index is 13.0. The zero-order valence-electron chi connectivity index (χ0n) is 9.88. The number of carbonyl (C=O) groups excluding carboxylic acids is 1. The number of rotatable bonds is 4. The minimum Gasteiger partial charge on any atom is -0.448 e. The average Bonchev–Trinajstić information content (AvgIpc) is 2.42. The number of para-hydroxylation sites is 1. The van der Waals surface area contributed by atoms with Gasteiger partial charge in [-0.3, -0.25) is 14.9 Å². The number of hydrogen-bond donors (Lipinski definition) is 0. The summed E-state index contributed by atoms with van der Waals surface area (Å²) in [6.45, 7) is 0. The number of nitrogens with zero attached hydrogens (tertiary/aromatic N) is 1. The molecule has 20 heavy (non-hydrogen) atoms. The van der Waals surface area contributed by atoms with Crippen molar-refractivity contribution in [2.45, 2.75) is 0 Å². The second kappa shape index (κ2) is 5.66. The van der Waals surface area contributed by atoms with Crippen LogP contribution < -0.4 is 4.74 Å². The summed E-state index contributed by atoms with van der Waals surface area (Å²) in [4.78, 5) is 21.1. The number of aldehydes is 1. The molecule has 0 aliphatic rings. The Morgan fingerprint density at radius 2 is 2.05 bits per heavy atom. The molecule has 0 amide bonds. The second-order valence-corrected chi connectivity index (χ2v) is 4.15. The minimum atomic E-state index is -0.661. The maximum Gasteiger partial charge on any atom is 0.313 e. The summed E-state index contributed by atoms with van der Waals surface area (Å²) in [7, 11) is 0. The number of halogens is 2. The third-order valence-corrected chi connectivity index (χ3v) is 2.75. The van der Waals surface area contributed by atoms with Gasteiger partial charge in [-0.25, -0.2) is 4.39 Å². The molecule has 0 heterocycles. The largest absolute Gasteiger partial charge is 0.448 e. The average molecular weight is 296 g/mol. The van der Waals surface area contributed by atoms with E-state index in [-0.39, 0.29) is 27.8 Å². The number of carbonyl (C=O) groups is 1. The third kappa shape index (κ3) is 2.75. The van der Waals surface area contributed by atoms with Crippen LogP contribution in [-0.2, 0) is 0 Å². The predicted octanol–water partition coefficient (Wildman–Crippen LogP) is 3.99. The molecule has 0 aliphatic heterocycles. The molecular weight excluding hydrogens is 289 g/mol. The quantitative estimate of drug-likeness (QED) is 0.486. The van der Waals surface area contributed by atoms with E-state index in [9.17, 15) is 19.3 Å². The highest BCUT2D eigenvalue weighted by atomic mass is 35.5. The lowest BCUT2D eigenvalue weighted by atomic mass is 10.2. The number of benzene rings is 2. The summed E-state index contributed by atoms with van der Waals surface area (Å²) in [6, 6.07) is 7.26. The first kappa shape index (κ1) is 14.0. The van der Waals surface area contributed by atoms with E-state index in [1.54, 1.807) is 0 Å². The van der Waals surface area contributed by atoms with Crippen LogP contribution >= 0.6 is 11.6 Å². The Labute approximate surface area is 117 Å². The van der Waals surface area contributed by atoms with Gasteiger partial charge in [0.05, 0.1) is 15.5 Å². The molecule has 0 unspecified atom stereocenters. The van der Waals surface area contributed by atoms with E-state index >= 15 is 0 Å². The molecule has 0 saturated heterocycles. The van der Waals surface area contributed by atoms with Crippen molar-refractivity contribution in [3.63, 3.8) is 0 Å². The van der Waals surface area contributed by atoms with Crippen molar-refractivity contribution >= 4 is 23.6 Å². The molecule has 0 N–H and O–H groups in total. The van der Waals surface area contributed by atoms with Crippen molar-refractivity contribution in [1.82, 2.24) is 0 Å². The lowest BCUT2D eigenvalue weighted by Crippen LogP contribution is -1.96. The van der Waals surface area contributed by atoms with Gasteiger partial charge < -0.3 is 4.74 Å². The number of ether oxygens (including phenoxy) is 1. The summed E-state index contributed by atoms with van der Waals surface area (Å²) in [5.74, 6) is -0.834. The summed E-state index contributed by atoms with van der Waals surface area (Å²) >= 11 is 5.86. The molecule has 0 atom stereocenters. The molecule has 0 fully saturated rings. The number of nitro benzene ring substituents is 1. The fraction of sp³-hybridized carbons (Fsp3) is 0. The van der Waals surface area contributed by atoms with E-state index in [1.165, 1.54) is 24.3 Å². The van der Waals surface area contributed by atoms with Gasteiger partial charge in [0.2, 0.25) is 5.75 Å². The first-order chi connectivity index (χ1) is 9.52. The summed E-state index contributed by atoms with van der Waals surface area (Å²) in [6.07, 6.45) is 0.390. The Balaban J connectivity index is 2.50. The van der Waals surface area contributed by atoms with Crippen LogP contribution in [0.1, 0.15) is 10.4 Å². The molecule has 2 aromatic carbocycles. The Morgan fingerprint density at radius 3 is 2.70 bits per heavy atom. The number of hydrogen-bond acceptors (Lipinski definition) is 4. The van der Waals surface area contributed by atoms with Crippen LogP contribution in [0.4, 0.5) is 10.1 Å². The molecule has 0 aliphatic carbocycles. The molecule has 0 radical (unpaired) electrons. The van der Waals surface area contributed by atoms with Gasteiger partial charge in [0, 0.05) is 6.07 Å². The lowest BCUT2D eigenvalue weighted by molar-refractivity contribution is -0.385. The molecule has 0 bridgehead atoms. The Morgan fingerprint density at radius 1 is 1.30 bits per heavy atom. The summed E-state index contributed by atoms with van der Waals surface area (Å²) in [5, 5.41) is 10.9. The van der Waals surface area contributed by atoms with Crippen LogP contribution in [0, 0.1) is 15.9 Å². The lowest BCUT2D eigenvalue weighted by Gasteiger charge is -2.09. The minimum absolute atomic E-state index is 0.0142. The van der Waals surface area contributed by atoms with Gasteiger partial charge in [0.15, 0.2) is 6.29 Å². The van der Waals surface area contributed by atoms with Crippen LogP contribution in [-0.4, -0.2) is 11.2 Å². The SMILES string of the molecule is O=Cc1cc(F)ccc1Oc1c(Cl)cccc1[N+](=O)[O-]. The summed E-state index contributed by atoms with van der Waals surface area (Å²) < 4.78 is 18.3. The van der Waals surface area contributed by atoms with Crippen LogP contribution in [0.15, 0.2) is 36.4 Å². The molecule has 2 aromatic rings. The van der Waals surface area contributed by atoms with Crippen molar-refractivity contribution in [3.05, 3.63) is 62.9 Å². The molecule has 2 rings (SSSR count). The number of nitro groups is 1. The van der Waals surface area contributed by atoms with E-state index in [4.69, 9.17) is 16.3 Å². The van der Waals surface area contributed by atoms with Crippen molar-refractivity contribution in [2.75, 3.05) is 0 Å². The van der Waals surface area contributed by atoms with E-state index in [0.29, 0.717) is 6.29 Å².